The molecule has 1 amide bonds. The molecule has 0 unspecified atom stereocenters. The van der Waals surface area contributed by atoms with Gasteiger partial charge in [0.05, 0.1) is 19.4 Å². The van der Waals surface area contributed by atoms with Crippen LogP contribution in [0.15, 0.2) is 52.6 Å². The van der Waals surface area contributed by atoms with Crippen molar-refractivity contribution in [3.8, 4) is 11.6 Å². The lowest BCUT2D eigenvalue weighted by Gasteiger charge is -2.47. The van der Waals surface area contributed by atoms with Crippen LogP contribution in [0.4, 0.5) is 5.69 Å². The fraction of sp³-hybridized carbons (Fsp3) is 0.500. The number of pyridine rings is 1. The van der Waals surface area contributed by atoms with E-state index in [2.05, 4.69) is 9.88 Å². The molecule has 7 rings (SSSR count). The van der Waals surface area contributed by atoms with Crippen LogP contribution in [0.2, 0.25) is 0 Å². The molecule has 5 aliphatic rings. The Hall–Kier alpha value is -3.19. The monoisotopic (exact) mass is 568 g/mol. The Kier molecular flexibility index (Phi) is 6.26. The van der Waals surface area contributed by atoms with Gasteiger partial charge in [-0.25, -0.2) is 13.4 Å². The largest absolute Gasteiger partial charge is 0.484 e. The van der Waals surface area contributed by atoms with E-state index in [9.17, 15) is 18.3 Å². The molecule has 0 radical (unpaired) electrons. The molecule has 40 heavy (non-hydrogen) atoms. The number of aromatic nitrogens is 1. The summed E-state index contributed by atoms with van der Waals surface area (Å²) in [5.74, 6) is 0.235. The van der Waals surface area contributed by atoms with Crippen molar-refractivity contribution in [3.63, 3.8) is 0 Å². The maximum Gasteiger partial charge on any atom is 0.257 e. The molecule has 212 valence electrons. The predicted octanol–water partition coefficient (Wildman–Crippen LogP) is 1.35. The summed E-state index contributed by atoms with van der Waals surface area (Å²) in [4.78, 5) is 21.4. The Balaban J connectivity index is 0.979. The summed E-state index contributed by atoms with van der Waals surface area (Å²) in [5.41, 5.74) is 3.70. The molecular weight excluding hydrogens is 536 g/mol. The molecule has 1 N–H and O–H groups in total. The molecule has 6 heterocycles. The minimum absolute atomic E-state index is 0.0473. The first-order valence-electron chi connectivity index (χ1n) is 13.7. The van der Waals surface area contributed by atoms with Crippen LogP contribution in [0.25, 0.3) is 0 Å². The van der Waals surface area contributed by atoms with Crippen molar-refractivity contribution in [2.45, 2.75) is 23.8 Å². The number of aliphatic hydroxyl groups is 1. The molecule has 1 aromatic heterocycles. The SMILES string of the molecule is O=C([C@H](O)c1cccc(N2CCC3(CC2)COC3)c1)N1CC2=C(C1)CN(S(=O)(=O)c1cnc3c(c1)OCCO3)C2. The minimum Gasteiger partial charge on any atom is -0.484 e. The van der Waals surface area contributed by atoms with Gasteiger partial charge in [-0.3, -0.25) is 4.79 Å². The second kappa shape index (κ2) is 9.72. The first kappa shape index (κ1) is 25.8. The van der Waals surface area contributed by atoms with Crippen LogP contribution in [0.1, 0.15) is 24.5 Å². The average Bonchev–Trinajstić information content (AvgIpc) is 3.56. The Morgan fingerprint density at radius 1 is 1.00 bits per heavy atom. The topological polar surface area (TPSA) is 122 Å². The van der Waals surface area contributed by atoms with Gasteiger partial charge in [-0.2, -0.15) is 4.31 Å². The van der Waals surface area contributed by atoms with E-state index in [1.165, 1.54) is 16.6 Å². The fourth-order valence-electron chi connectivity index (χ4n) is 6.20. The van der Waals surface area contributed by atoms with Gasteiger partial charge >= 0.3 is 0 Å². The van der Waals surface area contributed by atoms with Crippen LogP contribution in [-0.2, 0) is 19.6 Å². The molecule has 2 saturated heterocycles. The van der Waals surface area contributed by atoms with Crippen LogP contribution in [0.3, 0.4) is 0 Å². The Morgan fingerprint density at radius 3 is 2.42 bits per heavy atom. The van der Waals surface area contributed by atoms with Gasteiger partial charge in [-0.1, -0.05) is 12.1 Å². The number of piperidine rings is 1. The molecule has 1 spiro atoms. The molecule has 0 aliphatic carbocycles. The van der Waals surface area contributed by atoms with Gasteiger partial charge < -0.3 is 29.1 Å². The molecule has 1 atom stereocenters. The standard InChI is InChI=1S/C28H32N4O7S/c33-25(19-2-1-3-22(10-19)30-6-4-28(5-7-30)17-37-18-28)27(34)31-13-20-15-32(16-21(20)14-31)40(35,36)23-11-24-26(29-12-23)39-9-8-38-24/h1-3,10-12,25,33H,4-9,13-18H2/t25-/m1/s1. The van der Waals surface area contributed by atoms with Crippen molar-refractivity contribution in [1.29, 1.82) is 0 Å². The van der Waals surface area contributed by atoms with E-state index in [1.807, 2.05) is 18.2 Å². The number of ether oxygens (including phenoxy) is 3. The van der Waals surface area contributed by atoms with Gasteiger partial charge in [-0.05, 0) is 41.7 Å². The van der Waals surface area contributed by atoms with Crippen LogP contribution < -0.4 is 14.4 Å². The molecule has 0 saturated carbocycles. The number of nitrogens with zero attached hydrogens (tertiary/aromatic N) is 4. The highest BCUT2D eigenvalue weighted by atomic mass is 32.2. The zero-order chi connectivity index (χ0) is 27.5. The van der Waals surface area contributed by atoms with E-state index in [0.717, 1.165) is 56.0 Å². The molecule has 1 aromatic carbocycles. The summed E-state index contributed by atoms with van der Waals surface area (Å²) >= 11 is 0. The van der Waals surface area contributed by atoms with Gasteiger partial charge in [0.25, 0.3) is 11.8 Å². The van der Waals surface area contributed by atoms with Crippen molar-refractivity contribution in [2.75, 3.05) is 70.6 Å². The molecular formula is C28H32N4O7S. The van der Waals surface area contributed by atoms with E-state index < -0.39 is 16.1 Å². The van der Waals surface area contributed by atoms with Gasteiger partial charge in [0.2, 0.25) is 10.0 Å². The summed E-state index contributed by atoms with van der Waals surface area (Å²) in [5, 5.41) is 11.0. The van der Waals surface area contributed by atoms with Gasteiger partial charge in [0, 0.05) is 56.4 Å². The van der Waals surface area contributed by atoms with Gasteiger partial charge in [0.1, 0.15) is 18.1 Å². The number of aliphatic hydroxyl groups excluding tert-OH is 1. The first-order valence-corrected chi connectivity index (χ1v) is 15.1. The van der Waals surface area contributed by atoms with Crippen molar-refractivity contribution in [3.05, 3.63) is 53.2 Å². The smallest absolute Gasteiger partial charge is 0.257 e. The second-order valence-corrected chi connectivity index (χ2v) is 13.3. The van der Waals surface area contributed by atoms with Gasteiger partial charge in [-0.15, -0.1) is 0 Å². The summed E-state index contributed by atoms with van der Waals surface area (Å²) in [6.45, 7) is 5.27. The number of fused-ring (bicyclic) bond motifs is 1. The number of benzene rings is 1. The van der Waals surface area contributed by atoms with E-state index >= 15 is 0 Å². The third-order valence-electron chi connectivity index (χ3n) is 8.75. The molecule has 12 heteroatoms. The summed E-state index contributed by atoms with van der Waals surface area (Å²) in [7, 11) is -3.80. The quantitative estimate of drug-likeness (QED) is 0.533. The number of rotatable bonds is 5. The lowest BCUT2D eigenvalue weighted by atomic mass is 9.77. The number of carbonyl (C=O) groups is 1. The van der Waals surface area contributed by atoms with Gasteiger partial charge in [0.15, 0.2) is 11.9 Å². The number of anilines is 1. The van der Waals surface area contributed by atoms with E-state index in [-0.39, 0.29) is 23.9 Å². The molecule has 5 aliphatic heterocycles. The highest BCUT2D eigenvalue weighted by Crippen LogP contribution is 2.40. The number of hydrogen-bond donors (Lipinski definition) is 1. The normalized spacial score (nSPS) is 22.8. The number of hydrogen-bond acceptors (Lipinski definition) is 9. The average molecular weight is 569 g/mol. The Labute approximate surface area is 233 Å². The minimum atomic E-state index is -3.80. The third-order valence-corrected chi connectivity index (χ3v) is 10.5. The van der Waals surface area contributed by atoms with Crippen molar-refractivity contribution in [1.82, 2.24) is 14.2 Å². The second-order valence-electron chi connectivity index (χ2n) is 11.3. The predicted molar refractivity (Wildman–Crippen MR) is 144 cm³/mol. The van der Waals surface area contributed by atoms with Crippen LogP contribution in [0.5, 0.6) is 11.6 Å². The summed E-state index contributed by atoms with van der Waals surface area (Å²) in [6.07, 6.45) is 2.18. The molecule has 2 fully saturated rings. The first-order chi connectivity index (χ1) is 19.3. The van der Waals surface area contributed by atoms with Crippen molar-refractivity contribution >= 4 is 21.6 Å². The summed E-state index contributed by atoms with van der Waals surface area (Å²) < 4.78 is 44.3. The van der Waals surface area contributed by atoms with E-state index in [4.69, 9.17) is 14.2 Å². The Morgan fingerprint density at radius 2 is 1.73 bits per heavy atom. The zero-order valence-corrected chi connectivity index (χ0v) is 22.9. The number of amides is 1. The van der Waals surface area contributed by atoms with Crippen LogP contribution in [0, 0.1) is 5.41 Å². The molecule has 2 aromatic rings. The highest BCUT2D eigenvalue weighted by Gasteiger charge is 2.42. The highest BCUT2D eigenvalue weighted by molar-refractivity contribution is 7.89. The van der Waals surface area contributed by atoms with Crippen molar-refractivity contribution in [2.24, 2.45) is 5.41 Å². The maximum atomic E-state index is 13.3. The number of carbonyl (C=O) groups excluding carboxylic acids is 1. The summed E-state index contributed by atoms with van der Waals surface area (Å²) in [6, 6.07) is 9.04. The van der Waals surface area contributed by atoms with E-state index in [1.54, 1.807) is 11.0 Å². The fourth-order valence-corrected chi connectivity index (χ4v) is 7.59. The third kappa shape index (κ3) is 4.43. The molecule has 11 nitrogen and oxygen atoms in total. The van der Waals surface area contributed by atoms with E-state index in [0.29, 0.717) is 48.9 Å². The van der Waals surface area contributed by atoms with Crippen LogP contribution in [-0.4, -0.2) is 99.3 Å². The van der Waals surface area contributed by atoms with Crippen LogP contribution >= 0.6 is 0 Å². The maximum absolute atomic E-state index is 13.3. The molecule has 0 bridgehead atoms. The van der Waals surface area contributed by atoms with Crippen molar-refractivity contribution < 1.29 is 32.5 Å². The lowest BCUT2D eigenvalue weighted by molar-refractivity contribution is -0.139. The number of sulfonamides is 1. The zero-order valence-electron chi connectivity index (χ0n) is 22.1. The lowest BCUT2D eigenvalue weighted by Crippen LogP contribution is -2.50. The Bertz CT molecular complexity index is 1460.